The van der Waals surface area contributed by atoms with Gasteiger partial charge < -0.3 is 8.83 Å². The van der Waals surface area contributed by atoms with Gasteiger partial charge in [0.05, 0.1) is 5.52 Å². The van der Waals surface area contributed by atoms with E-state index in [1.165, 1.54) is 4.57 Å². The number of oxazole rings is 1. The first-order valence-electron chi connectivity index (χ1n) is 5.55. The van der Waals surface area contributed by atoms with E-state index in [-0.39, 0.29) is 5.22 Å². The minimum Gasteiger partial charge on any atom is -0.448 e. The third-order valence-electron chi connectivity index (χ3n) is 2.95. The molecular weight excluding hydrogens is 289 g/mol. The molecule has 0 fully saturated rings. The van der Waals surface area contributed by atoms with E-state index in [0.717, 1.165) is 11.1 Å². The third-order valence-corrected chi connectivity index (χ3v) is 3.62. The standard InChI is InChI=1S/C13H9Cl2NO3/c1-16-8-3-2-7(6-10(8)19-13(16)17)12(15)9-4-5-11(14)18-9/h2-6,12H,1H3. The molecule has 0 saturated carbocycles. The van der Waals surface area contributed by atoms with E-state index >= 15 is 0 Å². The van der Waals surface area contributed by atoms with Gasteiger partial charge >= 0.3 is 5.76 Å². The monoisotopic (exact) mass is 297 g/mol. The van der Waals surface area contributed by atoms with Crippen LogP contribution < -0.4 is 5.76 Å². The highest BCUT2D eigenvalue weighted by Crippen LogP contribution is 2.32. The lowest BCUT2D eigenvalue weighted by Crippen LogP contribution is -2.08. The average molecular weight is 298 g/mol. The van der Waals surface area contributed by atoms with Gasteiger partial charge in [-0.3, -0.25) is 4.57 Å². The molecule has 1 atom stereocenters. The maximum absolute atomic E-state index is 11.4. The maximum Gasteiger partial charge on any atom is 0.419 e. The van der Waals surface area contributed by atoms with Crippen LogP contribution in [0.15, 0.2) is 44.0 Å². The number of furan rings is 1. The van der Waals surface area contributed by atoms with Crippen LogP contribution in [0.3, 0.4) is 0 Å². The molecule has 0 N–H and O–H groups in total. The van der Waals surface area contributed by atoms with Gasteiger partial charge in [0.25, 0.3) is 0 Å². The molecule has 0 bridgehead atoms. The number of nitrogens with zero attached hydrogens (tertiary/aromatic N) is 1. The number of aryl methyl sites for hydroxylation is 1. The maximum atomic E-state index is 11.4. The third kappa shape index (κ3) is 2.07. The van der Waals surface area contributed by atoms with Crippen LogP contribution in [-0.2, 0) is 7.05 Å². The topological polar surface area (TPSA) is 48.3 Å². The first-order chi connectivity index (χ1) is 9.06. The Morgan fingerprint density at radius 1 is 1.21 bits per heavy atom. The Bertz CT molecular complexity index is 800. The van der Waals surface area contributed by atoms with Crippen LogP contribution in [0, 0.1) is 0 Å². The van der Waals surface area contributed by atoms with E-state index in [9.17, 15) is 4.79 Å². The Hall–Kier alpha value is -1.65. The lowest BCUT2D eigenvalue weighted by molar-refractivity contribution is 0.517. The van der Waals surface area contributed by atoms with E-state index in [0.29, 0.717) is 11.3 Å². The second-order valence-electron chi connectivity index (χ2n) is 4.16. The Morgan fingerprint density at radius 2 is 2.00 bits per heavy atom. The van der Waals surface area contributed by atoms with Crippen molar-refractivity contribution in [2.45, 2.75) is 5.38 Å². The number of rotatable bonds is 2. The van der Waals surface area contributed by atoms with Gasteiger partial charge in [-0.05, 0) is 41.4 Å². The molecule has 4 nitrogen and oxygen atoms in total. The van der Waals surface area contributed by atoms with Crippen LogP contribution in [0.25, 0.3) is 11.1 Å². The Morgan fingerprint density at radius 3 is 2.68 bits per heavy atom. The molecular formula is C13H9Cl2NO3. The molecule has 0 aliphatic carbocycles. The van der Waals surface area contributed by atoms with E-state index in [1.807, 2.05) is 6.07 Å². The molecule has 2 heterocycles. The van der Waals surface area contributed by atoms with Gasteiger partial charge in [0.15, 0.2) is 10.8 Å². The second kappa shape index (κ2) is 4.47. The molecule has 1 aromatic carbocycles. The molecule has 0 aliphatic rings. The van der Waals surface area contributed by atoms with Crippen molar-refractivity contribution in [3.8, 4) is 0 Å². The zero-order chi connectivity index (χ0) is 13.6. The summed E-state index contributed by atoms with van der Waals surface area (Å²) in [5, 5.41) is -0.199. The molecule has 0 spiro atoms. The fraction of sp³-hybridized carbons (Fsp3) is 0.154. The summed E-state index contributed by atoms with van der Waals surface area (Å²) in [5.41, 5.74) is 1.98. The van der Waals surface area contributed by atoms with E-state index in [1.54, 1.807) is 31.3 Å². The van der Waals surface area contributed by atoms with Crippen molar-refractivity contribution in [1.29, 1.82) is 0 Å². The van der Waals surface area contributed by atoms with Crippen molar-refractivity contribution in [2.24, 2.45) is 7.05 Å². The molecule has 3 rings (SSSR count). The summed E-state index contributed by atoms with van der Waals surface area (Å²) in [7, 11) is 1.65. The predicted molar refractivity (Wildman–Crippen MR) is 72.9 cm³/mol. The summed E-state index contributed by atoms with van der Waals surface area (Å²) in [6, 6.07) is 8.69. The Labute approximate surface area is 118 Å². The van der Waals surface area contributed by atoms with Gasteiger partial charge in [-0.25, -0.2) is 4.79 Å². The lowest BCUT2D eigenvalue weighted by Gasteiger charge is -2.06. The minimum absolute atomic E-state index is 0.285. The van der Waals surface area contributed by atoms with E-state index in [4.69, 9.17) is 32.0 Å². The number of aromatic nitrogens is 1. The largest absolute Gasteiger partial charge is 0.448 e. The molecule has 2 aromatic heterocycles. The molecule has 0 aliphatic heterocycles. The zero-order valence-electron chi connectivity index (χ0n) is 9.89. The summed E-state index contributed by atoms with van der Waals surface area (Å²) < 4.78 is 11.8. The van der Waals surface area contributed by atoms with Crippen molar-refractivity contribution in [1.82, 2.24) is 4.57 Å². The first-order valence-corrected chi connectivity index (χ1v) is 6.36. The van der Waals surface area contributed by atoms with Crippen LogP contribution >= 0.6 is 23.2 Å². The molecule has 0 saturated heterocycles. The van der Waals surface area contributed by atoms with Crippen molar-refractivity contribution >= 4 is 34.3 Å². The molecule has 0 radical (unpaired) electrons. The molecule has 1 unspecified atom stereocenters. The average Bonchev–Trinajstić information content (AvgIpc) is 2.94. The van der Waals surface area contributed by atoms with Crippen LogP contribution in [-0.4, -0.2) is 4.57 Å². The van der Waals surface area contributed by atoms with Crippen molar-refractivity contribution in [3.63, 3.8) is 0 Å². The highest BCUT2D eigenvalue weighted by Gasteiger charge is 2.17. The normalized spacial score (nSPS) is 13.0. The smallest absolute Gasteiger partial charge is 0.419 e. The molecule has 6 heteroatoms. The fourth-order valence-corrected chi connectivity index (χ4v) is 2.34. The summed E-state index contributed by atoms with van der Waals surface area (Å²) in [6.07, 6.45) is 0. The van der Waals surface area contributed by atoms with Crippen molar-refractivity contribution in [2.75, 3.05) is 0 Å². The number of alkyl halides is 1. The fourth-order valence-electron chi connectivity index (χ4n) is 1.94. The number of fused-ring (bicyclic) bond motifs is 1. The summed E-state index contributed by atoms with van der Waals surface area (Å²) in [5.74, 6) is 0.142. The summed E-state index contributed by atoms with van der Waals surface area (Å²) in [6.45, 7) is 0. The van der Waals surface area contributed by atoms with Gasteiger partial charge in [-0.15, -0.1) is 11.6 Å². The van der Waals surface area contributed by atoms with Crippen LogP contribution in [0.1, 0.15) is 16.7 Å². The van der Waals surface area contributed by atoms with Crippen molar-refractivity contribution in [3.05, 3.63) is 57.4 Å². The van der Waals surface area contributed by atoms with Gasteiger partial charge in [0, 0.05) is 7.05 Å². The highest BCUT2D eigenvalue weighted by molar-refractivity contribution is 6.29. The minimum atomic E-state index is -0.484. The number of hydrogen-bond donors (Lipinski definition) is 0. The second-order valence-corrected chi connectivity index (χ2v) is 4.97. The molecule has 0 amide bonds. The Balaban J connectivity index is 2.08. The van der Waals surface area contributed by atoms with Crippen molar-refractivity contribution < 1.29 is 8.83 Å². The van der Waals surface area contributed by atoms with Crippen LogP contribution in [0.2, 0.25) is 5.22 Å². The lowest BCUT2D eigenvalue weighted by atomic mass is 10.1. The van der Waals surface area contributed by atoms with Gasteiger partial charge in [0.1, 0.15) is 11.1 Å². The quantitative estimate of drug-likeness (QED) is 0.678. The van der Waals surface area contributed by atoms with Gasteiger partial charge in [0.2, 0.25) is 0 Å². The highest BCUT2D eigenvalue weighted by atomic mass is 35.5. The van der Waals surface area contributed by atoms with E-state index in [2.05, 4.69) is 0 Å². The number of halogens is 2. The molecule has 98 valence electrons. The van der Waals surface area contributed by atoms with Crippen LogP contribution in [0.4, 0.5) is 0 Å². The SMILES string of the molecule is Cn1c(=O)oc2cc(C(Cl)c3ccc(Cl)o3)ccc21. The summed E-state index contributed by atoms with van der Waals surface area (Å²) >= 11 is 12.0. The zero-order valence-corrected chi connectivity index (χ0v) is 11.4. The van der Waals surface area contributed by atoms with Crippen LogP contribution in [0.5, 0.6) is 0 Å². The number of benzene rings is 1. The molecule has 3 aromatic rings. The van der Waals surface area contributed by atoms with Gasteiger partial charge in [-0.1, -0.05) is 6.07 Å². The van der Waals surface area contributed by atoms with Gasteiger partial charge in [-0.2, -0.15) is 0 Å². The predicted octanol–water partition coefficient (Wildman–Crippen LogP) is 3.71. The number of hydrogen-bond acceptors (Lipinski definition) is 3. The Kier molecular flexibility index (Phi) is 2.92. The molecule has 19 heavy (non-hydrogen) atoms. The van der Waals surface area contributed by atoms with E-state index < -0.39 is 11.1 Å². The first kappa shape index (κ1) is 12.4. The summed E-state index contributed by atoms with van der Waals surface area (Å²) in [4.78, 5) is 11.4.